The zero-order chi connectivity index (χ0) is 34.5. The van der Waals surface area contributed by atoms with Gasteiger partial charge in [0.15, 0.2) is 0 Å². The molecule has 3 N–H and O–H groups in total. The van der Waals surface area contributed by atoms with Gasteiger partial charge in [-0.2, -0.15) is 0 Å². The van der Waals surface area contributed by atoms with Crippen LogP contribution in [0.15, 0.2) is 48.7 Å². The van der Waals surface area contributed by atoms with Gasteiger partial charge < -0.3 is 34.6 Å². The van der Waals surface area contributed by atoms with E-state index in [2.05, 4.69) is 38.2 Å². The van der Waals surface area contributed by atoms with Crippen molar-refractivity contribution >= 4 is 28.9 Å². The molecule has 0 radical (unpaired) electrons. The molecule has 256 valence electrons. The van der Waals surface area contributed by atoms with Crippen LogP contribution in [-0.4, -0.2) is 87.1 Å². The number of alkyl carbamates (subject to hydrolysis) is 1. The van der Waals surface area contributed by atoms with Crippen molar-refractivity contribution in [2.75, 3.05) is 27.3 Å². The molecule has 2 aromatic heterocycles. The van der Waals surface area contributed by atoms with E-state index in [9.17, 15) is 14.4 Å². The van der Waals surface area contributed by atoms with Gasteiger partial charge in [0.25, 0.3) is 0 Å². The Morgan fingerprint density at radius 2 is 1.67 bits per heavy atom. The van der Waals surface area contributed by atoms with Crippen molar-refractivity contribution in [2.24, 2.45) is 0 Å². The normalized spacial score (nSPS) is 18.6. The molecule has 0 bridgehead atoms. The maximum absolute atomic E-state index is 13.6. The number of aromatic nitrogens is 4. The summed E-state index contributed by atoms with van der Waals surface area (Å²) in [5.41, 5.74) is 5.34. The van der Waals surface area contributed by atoms with Gasteiger partial charge >= 0.3 is 6.09 Å². The Kier molecular flexibility index (Phi) is 10.3. The van der Waals surface area contributed by atoms with Crippen LogP contribution in [0.1, 0.15) is 87.4 Å². The molecule has 0 saturated carbocycles. The van der Waals surface area contributed by atoms with Crippen LogP contribution in [0.25, 0.3) is 22.2 Å². The monoisotopic (exact) mass is 665 g/mol. The second-order valence-electron chi connectivity index (χ2n) is 12.6. The molecule has 0 spiro atoms. The van der Waals surface area contributed by atoms with E-state index in [0.717, 1.165) is 77.9 Å². The summed E-state index contributed by atoms with van der Waals surface area (Å²) < 4.78 is 10.1. The van der Waals surface area contributed by atoms with Gasteiger partial charge in [-0.05, 0) is 80.3 Å². The van der Waals surface area contributed by atoms with Crippen LogP contribution >= 0.6 is 0 Å². The number of amides is 3. The number of rotatable bonds is 9. The molecule has 0 unspecified atom stereocenters. The number of aromatic amines is 2. The summed E-state index contributed by atoms with van der Waals surface area (Å²) in [5.74, 6) is 7.86. The van der Waals surface area contributed by atoms with E-state index in [-0.39, 0.29) is 23.9 Å². The van der Waals surface area contributed by atoms with Gasteiger partial charge in [0, 0.05) is 32.2 Å². The van der Waals surface area contributed by atoms with E-state index < -0.39 is 18.2 Å². The first-order chi connectivity index (χ1) is 23.8. The Morgan fingerprint density at radius 3 is 2.39 bits per heavy atom. The van der Waals surface area contributed by atoms with Crippen LogP contribution in [0.4, 0.5) is 4.79 Å². The fourth-order valence-electron chi connectivity index (χ4n) is 6.72. The molecule has 4 aromatic rings. The number of carbonyl (C=O) groups is 3. The minimum absolute atomic E-state index is 0.0100. The van der Waals surface area contributed by atoms with Gasteiger partial charge in [-0.15, -0.1) is 0 Å². The number of likely N-dealkylation sites (tertiary alicyclic amines) is 2. The number of hydrogen-bond donors (Lipinski definition) is 3. The lowest BCUT2D eigenvalue weighted by Gasteiger charge is -2.30. The summed E-state index contributed by atoms with van der Waals surface area (Å²) in [6, 6.07) is 13.0. The zero-order valence-corrected chi connectivity index (χ0v) is 28.4. The molecule has 0 aliphatic carbocycles. The van der Waals surface area contributed by atoms with Crippen LogP contribution in [0.2, 0.25) is 0 Å². The third-order valence-corrected chi connectivity index (χ3v) is 9.43. The molecule has 12 nitrogen and oxygen atoms in total. The van der Waals surface area contributed by atoms with E-state index in [1.165, 1.54) is 14.2 Å². The average molecular weight is 666 g/mol. The molecule has 4 atom stereocenters. The van der Waals surface area contributed by atoms with Crippen molar-refractivity contribution in [2.45, 2.75) is 76.6 Å². The molecule has 2 aromatic carbocycles. The molecule has 3 amide bonds. The maximum atomic E-state index is 13.6. The van der Waals surface area contributed by atoms with Crippen LogP contribution in [0.3, 0.4) is 0 Å². The second-order valence-corrected chi connectivity index (χ2v) is 12.6. The second kappa shape index (κ2) is 15.0. The van der Waals surface area contributed by atoms with Gasteiger partial charge in [-0.1, -0.05) is 31.0 Å². The third-order valence-electron chi connectivity index (χ3n) is 9.43. The number of benzene rings is 2. The molecule has 2 aliphatic heterocycles. The average Bonchev–Trinajstić information content (AvgIpc) is 3.95. The molecule has 4 heterocycles. The minimum atomic E-state index is -0.885. The number of imidazole rings is 2. The van der Waals surface area contributed by atoms with Gasteiger partial charge in [0.1, 0.15) is 23.4 Å². The minimum Gasteiger partial charge on any atom is -0.453 e. The summed E-state index contributed by atoms with van der Waals surface area (Å²) in [7, 11) is 2.77. The van der Waals surface area contributed by atoms with E-state index >= 15 is 0 Å². The van der Waals surface area contributed by atoms with Gasteiger partial charge in [-0.25, -0.2) is 14.8 Å². The van der Waals surface area contributed by atoms with Crippen LogP contribution in [-0.2, 0) is 19.1 Å². The van der Waals surface area contributed by atoms with E-state index in [1.807, 2.05) is 48.2 Å². The van der Waals surface area contributed by atoms with E-state index in [4.69, 9.17) is 14.5 Å². The first-order valence-electron chi connectivity index (χ1n) is 16.9. The number of H-pyrrole nitrogens is 2. The van der Waals surface area contributed by atoms with Crippen molar-refractivity contribution < 1.29 is 23.9 Å². The SMILES string of the molecule is CCCC(=O)N1CCC[C@H]1c1ncc(C#Cc2ccc(-c3ccc4nc([C@@H]5CCCN5C(=O)[C@@H](NC(=O)OC)[C@@H](C)OC)[nH]c4c3)cc2)[nH]1. The first-order valence-corrected chi connectivity index (χ1v) is 16.9. The lowest BCUT2D eigenvalue weighted by atomic mass is 10.0. The summed E-state index contributed by atoms with van der Waals surface area (Å²) in [5, 5.41) is 2.63. The number of nitrogens with one attached hydrogen (secondary N) is 3. The first kappa shape index (κ1) is 33.7. The van der Waals surface area contributed by atoms with Crippen LogP contribution in [0.5, 0.6) is 0 Å². The summed E-state index contributed by atoms with van der Waals surface area (Å²) in [6.07, 6.45) is 5.38. The number of methoxy groups -OCH3 is 2. The summed E-state index contributed by atoms with van der Waals surface area (Å²) >= 11 is 0. The highest BCUT2D eigenvalue weighted by Crippen LogP contribution is 2.34. The molecule has 49 heavy (non-hydrogen) atoms. The fourth-order valence-corrected chi connectivity index (χ4v) is 6.72. The number of hydrogen-bond acceptors (Lipinski definition) is 7. The highest BCUT2D eigenvalue weighted by atomic mass is 16.5. The van der Waals surface area contributed by atoms with Crippen LogP contribution < -0.4 is 5.32 Å². The number of nitrogens with zero attached hydrogens (tertiary/aromatic N) is 4. The number of fused-ring (bicyclic) bond motifs is 1. The smallest absolute Gasteiger partial charge is 0.407 e. The van der Waals surface area contributed by atoms with Gasteiger partial charge in [-0.3, -0.25) is 9.59 Å². The van der Waals surface area contributed by atoms with Gasteiger partial charge in [0.2, 0.25) is 11.8 Å². The Hall–Kier alpha value is -5.15. The lowest BCUT2D eigenvalue weighted by Crippen LogP contribution is -2.54. The molecular formula is C37H43N7O5. The van der Waals surface area contributed by atoms with E-state index in [0.29, 0.717) is 18.8 Å². The Bertz CT molecular complexity index is 1870. The van der Waals surface area contributed by atoms with Crippen LogP contribution in [0, 0.1) is 11.8 Å². The molecule has 2 aliphatic rings. The standard InChI is InChI=1S/C37H43N7O5/c1-5-8-32(45)43-19-6-9-30(43)34-38-22-27(39-34)17-13-24-11-14-25(15-12-24)26-16-18-28-29(21-26)41-35(40-28)31-10-7-20-44(31)36(46)33(23(2)48-3)42-37(47)49-4/h11-12,14-16,18,21-23,30-31,33H,5-10,19-20H2,1-4H3,(H,38,39)(H,40,41)(H,42,47)/t23-,30+,31+,33+/m1/s1. The Labute approximate surface area is 286 Å². The summed E-state index contributed by atoms with van der Waals surface area (Å²) in [4.78, 5) is 58.0. The molecule has 2 saturated heterocycles. The van der Waals surface area contributed by atoms with Crippen molar-refractivity contribution in [3.63, 3.8) is 0 Å². The largest absolute Gasteiger partial charge is 0.453 e. The zero-order valence-electron chi connectivity index (χ0n) is 28.4. The van der Waals surface area contributed by atoms with Crippen molar-refractivity contribution in [1.29, 1.82) is 0 Å². The molecular weight excluding hydrogens is 622 g/mol. The lowest BCUT2D eigenvalue weighted by molar-refractivity contribution is -0.137. The highest BCUT2D eigenvalue weighted by molar-refractivity contribution is 5.87. The van der Waals surface area contributed by atoms with Crippen molar-refractivity contribution in [3.8, 4) is 23.0 Å². The maximum Gasteiger partial charge on any atom is 0.407 e. The topological polar surface area (TPSA) is 146 Å². The van der Waals surface area contributed by atoms with E-state index in [1.54, 1.807) is 18.0 Å². The predicted octanol–water partition coefficient (Wildman–Crippen LogP) is 5.24. The molecule has 2 fully saturated rings. The Balaban J connectivity index is 1.14. The quantitative estimate of drug-likeness (QED) is 0.207. The van der Waals surface area contributed by atoms with Gasteiger partial charge in [0.05, 0.1) is 42.5 Å². The Morgan fingerprint density at radius 1 is 0.959 bits per heavy atom. The number of carbonyl (C=O) groups excluding carboxylic acids is 3. The molecule has 6 rings (SSSR count). The molecule has 12 heteroatoms. The predicted molar refractivity (Wildman–Crippen MR) is 184 cm³/mol. The third kappa shape index (κ3) is 7.32. The van der Waals surface area contributed by atoms with Crippen molar-refractivity contribution in [3.05, 3.63) is 71.6 Å². The summed E-state index contributed by atoms with van der Waals surface area (Å²) in [6.45, 7) is 5.09. The fraction of sp³-hybridized carbons (Fsp3) is 0.432. The number of ether oxygens (including phenoxy) is 2. The highest BCUT2D eigenvalue weighted by Gasteiger charge is 2.39. The van der Waals surface area contributed by atoms with Crippen molar-refractivity contribution in [1.82, 2.24) is 35.1 Å².